The summed E-state index contributed by atoms with van der Waals surface area (Å²) in [5, 5.41) is 0. The molecule has 0 aliphatic carbocycles. The zero-order chi connectivity index (χ0) is 16.9. The number of hydrogen-bond acceptors (Lipinski definition) is 5. The second-order valence-electron chi connectivity index (χ2n) is 6.02. The Labute approximate surface area is 141 Å². The average molecular weight is 326 g/mol. The van der Waals surface area contributed by atoms with E-state index in [0.717, 1.165) is 29.9 Å². The summed E-state index contributed by atoms with van der Waals surface area (Å²) < 4.78 is 5.59. The average Bonchev–Trinajstić information content (AvgIpc) is 2.61. The minimum Gasteiger partial charge on any atom is -0.377 e. The van der Waals surface area contributed by atoms with Crippen molar-refractivity contribution in [3.05, 3.63) is 53.4 Å². The molecule has 3 heterocycles. The fourth-order valence-electron chi connectivity index (χ4n) is 2.96. The summed E-state index contributed by atoms with van der Waals surface area (Å²) in [6.45, 7) is 5.57. The molecule has 24 heavy (non-hydrogen) atoms. The fourth-order valence-corrected chi connectivity index (χ4v) is 2.96. The minimum atomic E-state index is -0.0251. The van der Waals surface area contributed by atoms with E-state index in [1.54, 1.807) is 18.5 Å². The number of rotatable bonds is 4. The Balaban J connectivity index is 1.71. The lowest BCUT2D eigenvalue weighted by atomic mass is 10.1. The van der Waals surface area contributed by atoms with Gasteiger partial charge in [0.1, 0.15) is 5.69 Å². The predicted molar refractivity (Wildman–Crippen MR) is 89.7 cm³/mol. The largest absolute Gasteiger partial charge is 0.377 e. The van der Waals surface area contributed by atoms with Crippen molar-refractivity contribution in [3.8, 4) is 0 Å². The standard InChI is InChI=1S/C18H22N4O2/c1-13-4-3-5-17(21-13)18(23)22-10-11-24-12-15(22)6-7-16-14(2)19-8-9-20-16/h3-5,8-9,15H,6-7,10-12H2,1-2H3/t15-/m0/s1. The van der Waals surface area contributed by atoms with E-state index in [0.29, 0.717) is 25.5 Å². The van der Waals surface area contributed by atoms with Gasteiger partial charge in [0, 0.05) is 24.6 Å². The lowest BCUT2D eigenvalue weighted by molar-refractivity contribution is -0.00445. The fraction of sp³-hybridized carbons (Fsp3) is 0.444. The molecule has 0 spiro atoms. The van der Waals surface area contributed by atoms with E-state index in [-0.39, 0.29) is 11.9 Å². The number of amides is 1. The molecule has 0 bridgehead atoms. The lowest BCUT2D eigenvalue weighted by Gasteiger charge is -2.35. The van der Waals surface area contributed by atoms with Gasteiger partial charge in [-0.2, -0.15) is 0 Å². The van der Waals surface area contributed by atoms with E-state index < -0.39 is 0 Å². The molecule has 6 heteroatoms. The highest BCUT2D eigenvalue weighted by Gasteiger charge is 2.28. The summed E-state index contributed by atoms with van der Waals surface area (Å²) in [5.41, 5.74) is 3.26. The van der Waals surface area contributed by atoms with E-state index in [9.17, 15) is 4.79 Å². The third-order valence-electron chi connectivity index (χ3n) is 4.29. The normalized spacial score (nSPS) is 17.8. The zero-order valence-electron chi connectivity index (χ0n) is 14.1. The van der Waals surface area contributed by atoms with E-state index in [2.05, 4.69) is 15.0 Å². The Morgan fingerprint density at radius 2 is 2.12 bits per heavy atom. The third-order valence-corrected chi connectivity index (χ3v) is 4.29. The molecule has 0 aromatic carbocycles. The van der Waals surface area contributed by atoms with E-state index in [1.807, 2.05) is 30.9 Å². The Hall–Kier alpha value is -2.34. The van der Waals surface area contributed by atoms with Gasteiger partial charge in [0.2, 0.25) is 0 Å². The molecule has 0 saturated carbocycles. The number of carbonyl (C=O) groups is 1. The van der Waals surface area contributed by atoms with Crippen molar-refractivity contribution in [1.29, 1.82) is 0 Å². The van der Waals surface area contributed by atoms with Gasteiger partial charge >= 0.3 is 0 Å². The topological polar surface area (TPSA) is 68.2 Å². The number of pyridine rings is 1. The smallest absolute Gasteiger partial charge is 0.272 e. The molecule has 2 aromatic heterocycles. The highest BCUT2D eigenvalue weighted by atomic mass is 16.5. The molecule has 6 nitrogen and oxygen atoms in total. The first-order valence-corrected chi connectivity index (χ1v) is 8.24. The SMILES string of the molecule is Cc1cccc(C(=O)N2CCOC[C@@H]2CCc2nccnc2C)n1. The molecular weight excluding hydrogens is 304 g/mol. The lowest BCUT2D eigenvalue weighted by Crippen LogP contribution is -2.49. The summed E-state index contributed by atoms with van der Waals surface area (Å²) in [5.74, 6) is -0.0251. The molecule has 1 saturated heterocycles. The van der Waals surface area contributed by atoms with Crippen molar-refractivity contribution >= 4 is 5.91 Å². The first-order chi connectivity index (χ1) is 11.6. The molecule has 126 valence electrons. The van der Waals surface area contributed by atoms with Gasteiger partial charge in [-0.3, -0.25) is 14.8 Å². The van der Waals surface area contributed by atoms with E-state index >= 15 is 0 Å². The highest BCUT2D eigenvalue weighted by Crippen LogP contribution is 2.17. The first-order valence-electron chi connectivity index (χ1n) is 8.24. The van der Waals surface area contributed by atoms with Crippen LogP contribution in [0.25, 0.3) is 0 Å². The predicted octanol–water partition coefficient (Wildman–Crippen LogP) is 1.96. The van der Waals surface area contributed by atoms with Crippen molar-refractivity contribution in [2.45, 2.75) is 32.7 Å². The van der Waals surface area contributed by atoms with E-state index in [4.69, 9.17) is 4.74 Å². The number of hydrogen-bond donors (Lipinski definition) is 0. The molecule has 3 rings (SSSR count). The van der Waals surface area contributed by atoms with E-state index in [1.165, 1.54) is 0 Å². The summed E-state index contributed by atoms with van der Waals surface area (Å²) in [7, 11) is 0. The van der Waals surface area contributed by atoms with Gasteiger partial charge in [-0.1, -0.05) is 6.07 Å². The van der Waals surface area contributed by atoms with Gasteiger partial charge in [-0.25, -0.2) is 4.98 Å². The summed E-state index contributed by atoms with van der Waals surface area (Å²) in [6.07, 6.45) is 4.98. The molecule has 1 amide bonds. The van der Waals surface area contributed by atoms with Crippen LogP contribution in [0.1, 0.15) is 34.0 Å². The van der Waals surface area contributed by atoms with Gasteiger partial charge < -0.3 is 9.64 Å². The molecule has 1 atom stereocenters. The number of nitrogens with zero attached hydrogens (tertiary/aromatic N) is 4. The maximum Gasteiger partial charge on any atom is 0.272 e. The van der Waals surface area contributed by atoms with Gasteiger partial charge in [-0.05, 0) is 38.8 Å². The molecule has 1 aliphatic heterocycles. The quantitative estimate of drug-likeness (QED) is 0.859. The molecule has 0 N–H and O–H groups in total. The summed E-state index contributed by atoms with van der Waals surface area (Å²) in [6, 6.07) is 5.57. The van der Waals surface area contributed by atoms with Crippen molar-refractivity contribution in [2.24, 2.45) is 0 Å². The van der Waals surface area contributed by atoms with Crippen LogP contribution >= 0.6 is 0 Å². The summed E-state index contributed by atoms with van der Waals surface area (Å²) >= 11 is 0. The molecule has 0 radical (unpaired) electrons. The molecule has 1 fully saturated rings. The summed E-state index contributed by atoms with van der Waals surface area (Å²) in [4.78, 5) is 27.7. The van der Waals surface area contributed by atoms with Gasteiger partial charge in [-0.15, -0.1) is 0 Å². The zero-order valence-corrected chi connectivity index (χ0v) is 14.1. The second-order valence-corrected chi connectivity index (χ2v) is 6.02. The maximum absolute atomic E-state index is 12.8. The van der Waals surface area contributed by atoms with Crippen molar-refractivity contribution < 1.29 is 9.53 Å². The maximum atomic E-state index is 12.8. The Morgan fingerprint density at radius 1 is 1.29 bits per heavy atom. The monoisotopic (exact) mass is 326 g/mol. The van der Waals surface area contributed by atoms with Gasteiger partial charge in [0.25, 0.3) is 5.91 Å². The number of aromatic nitrogens is 3. The second kappa shape index (κ2) is 7.49. The Morgan fingerprint density at radius 3 is 2.92 bits per heavy atom. The molecular formula is C18H22N4O2. The third kappa shape index (κ3) is 3.76. The minimum absolute atomic E-state index is 0.0251. The van der Waals surface area contributed by atoms with Gasteiger partial charge in [0.05, 0.1) is 30.6 Å². The Kier molecular flexibility index (Phi) is 5.15. The van der Waals surface area contributed by atoms with Crippen molar-refractivity contribution in [1.82, 2.24) is 19.9 Å². The molecule has 0 unspecified atom stereocenters. The van der Waals surface area contributed by atoms with Crippen LogP contribution in [0.15, 0.2) is 30.6 Å². The first kappa shape index (κ1) is 16.5. The van der Waals surface area contributed by atoms with Crippen LogP contribution in [0.5, 0.6) is 0 Å². The number of aryl methyl sites for hydroxylation is 3. The number of morpholine rings is 1. The van der Waals surface area contributed by atoms with Crippen LogP contribution in [0.3, 0.4) is 0 Å². The van der Waals surface area contributed by atoms with Crippen molar-refractivity contribution in [2.75, 3.05) is 19.8 Å². The Bertz CT molecular complexity index is 720. The van der Waals surface area contributed by atoms with Crippen LogP contribution in [0.2, 0.25) is 0 Å². The van der Waals surface area contributed by atoms with Crippen LogP contribution < -0.4 is 0 Å². The van der Waals surface area contributed by atoms with Crippen LogP contribution in [-0.4, -0.2) is 51.6 Å². The van der Waals surface area contributed by atoms with Crippen LogP contribution in [0.4, 0.5) is 0 Å². The van der Waals surface area contributed by atoms with Crippen molar-refractivity contribution in [3.63, 3.8) is 0 Å². The van der Waals surface area contributed by atoms with Gasteiger partial charge in [0.15, 0.2) is 0 Å². The highest BCUT2D eigenvalue weighted by molar-refractivity contribution is 5.92. The number of ether oxygens (including phenoxy) is 1. The van der Waals surface area contributed by atoms with Crippen LogP contribution in [0, 0.1) is 13.8 Å². The van der Waals surface area contributed by atoms with Crippen LogP contribution in [-0.2, 0) is 11.2 Å². The molecule has 1 aliphatic rings. The molecule has 2 aromatic rings. The number of carbonyl (C=O) groups excluding carboxylic acids is 1.